The molecule has 0 spiro atoms. The lowest BCUT2D eigenvalue weighted by Gasteiger charge is -2.02. The smallest absolute Gasteiger partial charge is 0.362 e. The van der Waals surface area contributed by atoms with Gasteiger partial charge in [-0.2, -0.15) is 0 Å². The molecule has 0 aliphatic carbocycles. The summed E-state index contributed by atoms with van der Waals surface area (Å²) in [5, 5.41) is 16.1. The number of hydrogen-bond donors (Lipinski definition) is 1. The van der Waals surface area contributed by atoms with E-state index >= 15 is 0 Å². The monoisotopic (exact) mass is 270 g/mol. The molecule has 5 nitrogen and oxygen atoms in total. The highest BCUT2D eigenvalue weighted by atomic mass is 19.1. The fraction of sp³-hybridized carbons (Fsp3) is 0.250. The number of benzene rings is 1. The van der Waals surface area contributed by atoms with Crippen LogP contribution in [-0.2, 0) is 9.53 Å². The number of esters is 1. The standard InChI is InChI=1S/C12H12F2N2O3/c1-3-19-12(18)11(7(2)17)16-15-10-5-4-8(13)6-9(10)14/h4-6,17H,3H2,1-2H3/b11-7-,16-15?. The fourth-order valence-electron chi connectivity index (χ4n) is 1.13. The number of aliphatic hydroxyl groups is 1. The Labute approximate surface area is 108 Å². The Balaban J connectivity index is 3.00. The summed E-state index contributed by atoms with van der Waals surface area (Å²) in [4.78, 5) is 11.4. The quantitative estimate of drug-likeness (QED) is 0.394. The van der Waals surface area contributed by atoms with Crippen LogP contribution in [0.1, 0.15) is 13.8 Å². The number of nitrogens with zero attached hydrogens (tertiary/aromatic N) is 2. The van der Waals surface area contributed by atoms with Gasteiger partial charge in [0.15, 0.2) is 5.82 Å². The van der Waals surface area contributed by atoms with Crippen LogP contribution in [0.4, 0.5) is 14.5 Å². The van der Waals surface area contributed by atoms with Crippen LogP contribution in [0.5, 0.6) is 0 Å². The zero-order valence-electron chi connectivity index (χ0n) is 10.4. The SMILES string of the molecule is CCOC(=O)/C(N=Nc1ccc(F)cc1F)=C(\C)O. The van der Waals surface area contributed by atoms with E-state index in [-0.39, 0.29) is 12.3 Å². The van der Waals surface area contributed by atoms with E-state index in [2.05, 4.69) is 15.0 Å². The number of allylic oxidation sites excluding steroid dienone is 1. The molecule has 0 heterocycles. The zero-order valence-corrected chi connectivity index (χ0v) is 10.4. The van der Waals surface area contributed by atoms with E-state index in [0.29, 0.717) is 6.07 Å². The number of halogens is 2. The topological polar surface area (TPSA) is 71.2 Å². The van der Waals surface area contributed by atoms with E-state index < -0.39 is 29.1 Å². The predicted octanol–water partition coefficient (Wildman–Crippen LogP) is 3.40. The van der Waals surface area contributed by atoms with Crippen LogP contribution in [0.3, 0.4) is 0 Å². The molecule has 0 atom stereocenters. The molecule has 102 valence electrons. The lowest BCUT2D eigenvalue weighted by Crippen LogP contribution is -2.07. The van der Waals surface area contributed by atoms with Crippen molar-refractivity contribution in [2.45, 2.75) is 13.8 Å². The molecular formula is C12H12F2N2O3. The number of hydrogen-bond acceptors (Lipinski definition) is 5. The van der Waals surface area contributed by atoms with Crippen LogP contribution >= 0.6 is 0 Å². The minimum atomic E-state index is -0.928. The average Bonchev–Trinajstić information content (AvgIpc) is 2.31. The van der Waals surface area contributed by atoms with Gasteiger partial charge in [0.05, 0.1) is 6.61 Å². The molecule has 1 rings (SSSR count). The Hall–Kier alpha value is -2.31. The second-order valence-electron chi connectivity index (χ2n) is 3.45. The Morgan fingerprint density at radius 3 is 2.63 bits per heavy atom. The van der Waals surface area contributed by atoms with Crippen molar-refractivity contribution in [3.63, 3.8) is 0 Å². The number of azo groups is 1. The third kappa shape index (κ3) is 4.13. The van der Waals surface area contributed by atoms with Gasteiger partial charge >= 0.3 is 5.97 Å². The summed E-state index contributed by atoms with van der Waals surface area (Å²) in [5.74, 6) is -2.98. The summed E-state index contributed by atoms with van der Waals surface area (Å²) in [6, 6.07) is 2.69. The van der Waals surface area contributed by atoms with E-state index in [0.717, 1.165) is 12.1 Å². The highest BCUT2D eigenvalue weighted by Gasteiger charge is 2.14. The first kappa shape index (κ1) is 14.7. The Bertz CT molecular complexity index is 538. The molecule has 0 aromatic heterocycles. The van der Waals surface area contributed by atoms with Gasteiger partial charge < -0.3 is 9.84 Å². The van der Waals surface area contributed by atoms with Crippen LogP contribution in [0.2, 0.25) is 0 Å². The Morgan fingerprint density at radius 1 is 1.42 bits per heavy atom. The highest BCUT2D eigenvalue weighted by Crippen LogP contribution is 2.20. The highest BCUT2D eigenvalue weighted by molar-refractivity contribution is 5.88. The van der Waals surface area contributed by atoms with Gasteiger partial charge in [-0.15, -0.1) is 10.2 Å². The molecule has 0 bridgehead atoms. The Morgan fingerprint density at radius 2 is 2.11 bits per heavy atom. The molecule has 0 radical (unpaired) electrons. The second kappa shape index (κ2) is 6.58. The molecule has 0 fully saturated rings. The van der Waals surface area contributed by atoms with E-state index in [4.69, 9.17) is 0 Å². The molecule has 0 unspecified atom stereocenters. The lowest BCUT2D eigenvalue weighted by molar-refractivity contribution is -0.138. The van der Waals surface area contributed by atoms with Crippen LogP contribution < -0.4 is 0 Å². The summed E-state index contributed by atoms with van der Waals surface area (Å²) < 4.78 is 30.6. The molecule has 0 amide bonds. The van der Waals surface area contributed by atoms with Crippen LogP contribution in [0.25, 0.3) is 0 Å². The van der Waals surface area contributed by atoms with Crippen LogP contribution in [-0.4, -0.2) is 17.7 Å². The summed E-state index contributed by atoms with van der Waals surface area (Å²) >= 11 is 0. The van der Waals surface area contributed by atoms with Gasteiger partial charge in [-0.05, 0) is 26.0 Å². The van der Waals surface area contributed by atoms with Crippen molar-refractivity contribution in [2.24, 2.45) is 10.2 Å². The minimum Gasteiger partial charge on any atom is -0.510 e. The molecular weight excluding hydrogens is 258 g/mol. The van der Waals surface area contributed by atoms with Crippen molar-refractivity contribution >= 4 is 11.7 Å². The first-order valence-electron chi connectivity index (χ1n) is 5.39. The van der Waals surface area contributed by atoms with Gasteiger partial charge in [-0.3, -0.25) is 0 Å². The predicted molar refractivity (Wildman–Crippen MR) is 62.8 cm³/mol. The second-order valence-corrected chi connectivity index (χ2v) is 3.45. The van der Waals surface area contributed by atoms with E-state index in [1.807, 2.05) is 0 Å². The van der Waals surface area contributed by atoms with Crippen LogP contribution in [0.15, 0.2) is 39.9 Å². The summed E-state index contributed by atoms with van der Waals surface area (Å²) in [7, 11) is 0. The van der Waals surface area contributed by atoms with Gasteiger partial charge in [0.25, 0.3) is 0 Å². The summed E-state index contributed by atoms with van der Waals surface area (Å²) in [6.45, 7) is 2.89. The fourth-order valence-corrected chi connectivity index (χ4v) is 1.13. The van der Waals surface area contributed by atoms with Crippen molar-refractivity contribution in [1.29, 1.82) is 0 Å². The number of carbonyl (C=O) groups is 1. The molecule has 1 aromatic rings. The zero-order chi connectivity index (χ0) is 14.4. The lowest BCUT2D eigenvalue weighted by atomic mass is 10.3. The third-order valence-electron chi connectivity index (χ3n) is 1.98. The molecule has 1 aromatic carbocycles. The molecule has 19 heavy (non-hydrogen) atoms. The normalized spacial score (nSPS) is 12.4. The summed E-state index contributed by atoms with van der Waals surface area (Å²) in [6.07, 6.45) is 0. The number of ether oxygens (including phenoxy) is 1. The molecule has 0 saturated carbocycles. The first-order chi connectivity index (χ1) is 8.95. The largest absolute Gasteiger partial charge is 0.510 e. The minimum absolute atomic E-state index is 0.0933. The number of aliphatic hydroxyl groups excluding tert-OH is 1. The van der Waals surface area contributed by atoms with E-state index in [1.54, 1.807) is 6.92 Å². The van der Waals surface area contributed by atoms with Gasteiger partial charge in [0.1, 0.15) is 17.3 Å². The Kier molecular flexibility index (Phi) is 5.11. The van der Waals surface area contributed by atoms with Crippen molar-refractivity contribution in [1.82, 2.24) is 0 Å². The summed E-state index contributed by atoms with van der Waals surface area (Å²) in [5.41, 5.74) is -0.699. The van der Waals surface area contributed by atoms with Crippen LogP contribution in [0, 0.1) is 11.6 Å². The maximum absolute atomic E-state index is 13.3. The molecule has 0 aliphatic rings. The van der Waals surface area contributed by atoms with E-state index in [9.17, 15) is 18.7 Å². The number of rotatable bonds is 4. The van der Waals surface area contributed by atoms with Crippen molar-refractivity contribution < 1.29 is 23.4 Å². The maximum Gasteiger partial charge on any atom is 0.362 e. The maximum atomic E-state index is 13.3. The number of carbonyl (C=O) groups excluding carboxylic acids is 1. The third-order valence-corrected chi connectivity index (χ3v) is 1.98. The van der Waals surface area contributed by atoms with Gasteiger partial charge in [-0.1, -0.05) is 0 Å². The molecule has 7 heteroatoms. The molecule has 0 aliphatic heterocycles. The van der Waals surface area contributed by atoms with Gasteiger partial charge in [-0.25, -0.2) is 13.6 Å². The average molecular weight is 270 g/mol. The van der Waals surface area contributed by atoms with Gasteiger partial charge in [0, 0.05) is 6.07 Å². The van der Waals surface area contributed by atoms with E-state index in [1.165, 1.54) is 6.92 Å². The van der Waals surface area contributed by atoms with Crippen molar-refractivity contribution in [3.05, 3.63) is 41.3 Å². The first-order valence-corrected chi connectivity index (χ1v) is 5.39. The molecule has 0 saturated heterocycles. The van der Waals surface area contributed by atoms with Crippen molar-refractivity contribution in [2.75, 3.05) is 6.61 Å². The van der Waals surface area contributed by atoms with Crippen molar-refractivity contribution in [3.8, 4) is 0 Å². The molecule has 1 N–H and O–H groups in total. The van der Waals surface area contributed by atoms with Gasteiger partial charge in [0.2, 0.25) is 5.70 Å².